The number of hydrogen-bond acceptors (Lipinski definition) is 4. The van der Waals surface area contributed by atoms with E-state index in [0.717, 1.165) is 0 Å². The van der Waals surface area contributed by atoms with Crippen molar-refractivity contribution in [3.8, 4) is 0 Å². The van der Waals surface area contributed by atoms with Crippen molar-refractivity contribution in [2.45, 2.75) is 39.2 Å². The van der Waals surface area contributed by atoms with Gasteiger partial charge in [-0.3, -0.25) is 14.3 Å². The van der Waals surface area contributed by atoms with E-state index in [2.05, 4.69) is 15.5 Å². The summed E-state index contributed by atoms with van der Waals surface area (Å²) in [6.07, 6.45) is 4.05. The zero-order valence-corrected chi connectivity index (χ0v) is 12.2. The van der Waals surface area contributed by atoms with Crippen molar-refractivity contribution >= 4 is 23.2 Å². The van der Waals surface area contributed by atoms with Crippen LogP contribution >= 0.6 is 0 Å². The maximum absolute atomic E-state index is 12.1. The minimum atomic E-state index is -0.294. The Morgan fingerprint density at radius 1 is 1.35 bits per heavy atom. The van der Waals surface area contributed by atoms with E-state index in [0.29, 0.717) is 24.2 Å². The molecule has 1 aromatic heterocycles. The summed E-state index contributed by atoms with van der Waals surface area (Å²) in [7, 11) is 1.55. The number of carbonyl (C=O) groups excluding carboxylic acids is 2. The number of hydrazone groups is 1. The van der Waals surface area contributed by atoms with Crippen molar-refractivity contribution in [2.24, 2.45) is 5.10 Å². The lowest BCUT2D eigenvalue weighted by Gasteiger charge is -2.19. The van der Waals surface area contributed by atoms with E-state index in [9.17, 15) is 9.59 Å². The summed E-state index contributed by atoms with van der Waals surface area (Å²) in [5.74, 6) is -0.375. The van der Waals surface area contributed by atoms with E-state index in [1.807, 2.05) is 20.8 Å². The van der Waals surface area contributed by atoms with Crippen LogP contribution in [0, 0.1) is 0 Å². The molecule has 0 spiro atoms. The molecule has 0 radical (unpaired) electrons. The van der Waals surface area contributed by atoms with Gasteiger partial charge in [0.1, 0.15) is 5.71 Å². The fraction of sp³-hybridized carbons (Fsp3) is 0.538. The second-order valence-corrected chi connectivity index (χ2v) is 5.76. The molecule has 0 bridgehead atoms. The highest BCUT2D eigenvalue weighted by Gasteiger charge is 2.22. The summed E-state index contributed by atoms with van der Waals surface area (Å²) >= 11 is 0. The Balaban J connectivity index is 2.07. The molecule has 1 aliphatic rings. The number of rotatable bonds is 2. The van der Waals surface area contributed by atoms with Crippen molar-refractivity contribution in [1.29, 1.82) is 0 Å². The topological polar surface area (TPSA) is 79.6 Å². The fourth-order valence-corrected chi connectivity index (χ4v) is 1.79. The Hall–Kier alpha value is -2.18. The van der Waals surface area contributed by atoms with Gasteiger partial charge in [0, 0.05) is 26.1 Å². The lowest BCUT2D eigenvalue weighted by molar-refractivity contribution is -0.130. The zero-order chi connectivity index (χ0) is 14.9. The third-order valence-electron chi connectivity index (χ3n) is 3.00. The van der Waals surface area contributed by atoms with Crippen molar-refractivity contribution in [1.82, 2.24) is 14.8 Å². The number of nitrogens with one attached hydrogen (secondary N) is 1. The number of nitrogens with zero attached hydrogens (tertiary/aromatic N) is 4. The van der Waals surface area contributed by atoms with E-state index >= 15 is 0 Å². The predicted octanol–water partition coefficient (Wildman–Crippen LogP) is 1.18. The molecule has 0 unspecified atom stereocenters. The van der Waals surface area contributed by atoms with Gasteiger partial charge in [-0.2, -0.15) is 10.2 Å². The summed E-state index contributed by atoms with van der Waals surface area (Å²) in [6.45, 7) is 6.08. The normalized spacial score (nSPS) is 16.1. The maximum atomic E-state index is 12.1. The van der Waals surface area contributed by atoms with Crippen LogP contribution in [0.2, 0.25) is 0 Å². The summed E-state index contributed by atoms with van der Waals surface area (Å²) in [5.41, 5.74) is 0.834. The van der Waals surface area contributed by atoms with Crippen molar-refractivity contribution in [3.63, 3.8) is 0 Å². The fourth-order valence-electron chi connectivity index (χ4n) is 1.79. The van der Waals surface area contributed by atoms with Crippen LogP contribution in [0.3, 0.4) is 0 Å². The van der Waals surface area contributed by atoms with Crippen molar-refractivity contribution in [2.75, 3.05) is 12.4 Å². The van der Waals surface area contributed by atoms with Gasteiger partial charge >= 0.3 is 0 Å². The van der Waals surface area contributed by atoms with Crippen LogP contribution in [0.1, 0.15) is 33.6 Å². The first-order valence-corrected chi connectivity index (χ1v) is 6.48. The highest BCUT2D eigenvalue weighted by atomic mass is 16.2. The first kappa shape index (κ1) is 14.2. The molecule has 0 saturated carbocycles. The average Bonchev–Trinajstić information content (AvgIpc) is 2.81. The van der Waals surface area contributed by atoms with E-state index < -0.39 is 0 Å². The molecule has 0 atom stereocenters. The Morgan fingerprint density at radius 2 is 2.05 bits per heavy atom. The van der Waals surface area contributed by atoms with E-state index in [1.165, 1.54) is 5.01 Å². The van der Waals surface area contributed by atoms with Crippen LogP contribution in [0.4, 0.5) is 5.69 Å². The van der Waals surface area contributed by atoms with Gasteiger partial charge in [-0.05, 0) is 20.8 Å². The van der Waals surface area contributed by atoms with Crippen LogP contribution in [-0.2, 0) is 15.1 Å². The molecule has 2 amide bonds. The lowest BCUT2D eigenvalue weighted by Crippen LogP contribution is -2.34. The molecule has 1 aromatic rings. The molecule has 108 valence electrons. The monoisotopic (exact) mass is 277 g/mol. The molecule has 0 aromatic carbocycles. The summed E-state index contributed by atoms with van der Waals surface area (Å²) < 4.78 is 1.78. The lowest BCUT2D eigenvalue weighted by atomic mass is 10.1. The van der Waals surface area contributed by atoms with Gasteiger partial charge < -0.3 is 5.32 Å². The summed E-state index contributed by atoms with van der Waals surface area (Å²) in [5, 5.41) is 12.1. The van der Waals surface area contributed by atoms with Crippen molar-refractivity contribution in [3.05, 3.63) is 12.4 Å². The Labute approximate surface area is 117 Å². The van der Waals surface area contributed by atoms with Crippen LogP contribution in [0.15, 0.2) is 17.5 Å². The standard InChI is InChI=1S/C13H19N5O2/c1-13(2,3)18-8-9(7-14-18)15-12(20)10-5-6-11(19)17(4)16-10/h7-8H,5-6H2,1-4H3,(H,15,20). The smallest absolute Gasteiger partial charge is 0.271 e. The predicted molar refractivity (Wildman–Crippen MR) is 75.3 cm³/mol. The molecular formula is C13H19N5O2. The minimum absolute atomic E-state index is 0.0814. The first-order chi connectivity index (χ1) is 9.27. The summed E-state index contributed by atoms with van der Waals surface area (Å²) in [6, 6.07) is 0. The molecule has 20 heavy (non-hydrogen) atoms. The van der Waals surface area contributed by atoms with Gasteiger partial charge in [0.2, 0.25) is 5.91 Å². The van der Waals surface area contributed by atoms with E-state index in [4.69, 9.17) is 0 Å². The number of carbonyl (C=O) groups is 2. The molecule has 2 rings (SSSR count). The maximum Gasteiger partial charge on any atom is 0.271 e. The third kappa shape index (κ3) is 3.04. The molecule has 0 aliphatic carbocycles. The van der Waals surface area contributed by atoms with Gasteiger partial charge in [0.15, 0.2) is 0 Å². The van der Waals surface area contributed by atoms with Gasteiger partial charge in [0.05, 0.1) is 17.4 Å². The van der Waals surface area contributed by atoms with Gasteiger partial charge in [-0.1, -0.05) is 0 Å². The third-order valence-corrected chi connectivity index (χ3v) is 3.00. The zero-order valence-electron chi connectivity index (χ0n) is 12.2. The number of aromatic nitrogens is 2. The highest BCUT2D eigenvalue weighted by Crippen LogP contribution is 2.16. The van der Waals surface area contributed by atoms with Crippen LogP contribution in [-0.4, -0.2) is 39.4 Å². The highest BCUT2D eigenvalue weighted by molar-refractivity contribution is 6.43. The van der Waals surface area contributed by atoms with Gasteiger partial charge in [-0.25, -0.2) is 5.01 Å². The van der Waals surface area contributed by atoms with Crippen molar-refractivity contribution < 1.29 is 9.59 Å². The van der Waals surface area contributed by atoms with Crippen LogP contribution < -0.4 is 5.32 Å². The van der Waals surface area contributed by atoms with Crippen LogP contribution in [0.25, 0.3) is 0 Å². The molecular weight excluding hydrogens is 258 g/mol. The summed E-state index contributed by atoms with van der Waals surface area (Å²) in [4.78, 5) is 23.4. The van der Waals surface area contributed by atoms with Gasteiger partial charge in [0.25, 0.3) is 5.91 Å². The minimum Gasteiger partial charge on any atom is -0.318 e. The average molecular weight is 277 g/mol. The molecule has 1 aliphatic heterocycles. The van der Waals surface area contributed by atoms with E-state index in [-0.39, 0.29) is 17.4 Å². The SMILES string of the molecule is CN1N=C(C(=O)Nc2cnn(C(C)(C)C)c2)CCC1=O. The van der Waals surface area contributed by atoms with Crippen LogP contribution in [0.5, 0.6) is 0 Å². The molecule has 0 saturated heterocycles. The van der Waals surface area contributed by atoms with Gasteiger partial charge in [-0.15, -0.1) is 0 Å². The largest absolute Gasteiger partial charge is 0.318 e. The molecule has 2 heterocycles. The molecule has 1 N–H and O–H groups in total. The van der Waals surface area contributed by atoms with E-state index in [1.54, 1.807) is 24.1 Å². The second kappa shape index (κ2) is 5.07. The number of amides is 2. The Kier molecular flexibility index (Phi) is 3.61. The second-order valence-electron chi connectivity index (χ2n) is 5.76. The Morgan fingerprint density at radius 3 is 2.60 bits per heavy atom. The first-order valence-electron chi connectivity index (χ1n) is 6.48. The molecule has 7 heteroatoms. The number of hydrogen-bond donors (Lipinski definition) is 1. The Bertz CT molecular complexity index is 568. The quantitative estimate of drug-likeness (QED) is 0.881. The number of anilines is 1. The molecule has 0 fully saturated rings. The molecule has 7 nitrogen and oxygen atoms in total.